The Hall–Kier alpha value is -3.43. The number of allylic oxidation sites excluding steroid dienone is 1. The smallest absolute Gasteiger partial charge is 0.345 e. The summed E-state index contributed by atoms with van der Waals surface area (Å²) < 4.78 is 160. The molecule has 0 saturated heterocycles. The molecule has 2 rings (SSSR count). The van der Waals surface area contributed by atoms with Gasteiger partial charge in [-0.25, -0.2) is 13.2 Å². The fourth-order valence-corrected chi connectivity index (χ4v) is 3.40. The van der Waals surface area contributed by atoms with Crippen LogP contribution in [-0.2, 0) is 11.0 Å². The van der Waals surface area contributed by atoms with E-state index in [1.165, 1.54) is 5.32 Å². The van der Waals surface area contributed by atoms with Gasteiger partial charge in [0.25, 0.3) is 5.91 Å². The van der Waals surface area contributed by atoms with Crippen LogP contribution in [0, 0.1) is 11.6 Å². The topological polar surface area (TPSA) is 58.2 Å². The second-order valence-electron chi connectivity index (χ2n) is 8.12. The first kappa shape index (κ1) is 32.8. The summed E-state index contributed by atoms with van der Waals surface area (Å²) in [5.41, 5.74) is -5.29. The summed E-state index contributed by atoms with van der Waals surface area (Å²) in [7, 11) is 0. The Morgan fingerprint density at radius 3 is 2.08 bits per heavy atom. The fourth-order valence-electron chi connectivity index (χ4n) is 3.18. The molecule has 2 atom stereocenters. The Bertz CT molecular complexity index is 1280. The van der Waals surface area contributed by atoms with Gasteiger partial charge in [0.15, 0.2) is 11.6 Å². The van der Waals surface area contributed by atoms with Crippen LogP contribution in [0.5, 0.6) is 0 Å². The van der Waals surface area contributed by atoms with Crippen molar-refractivity contribution < 1.29 is 62.3 Å². The lowest BCUT2D eigenvalue weighted by Gasteiger charge is -2.19. The lowest BCUT2D eigenvalue weighted by Crippen LogP contribution is -2.47. The molecule has 0 fully saturated rings. The van der Waals surface area contributed by atoms with Crippen molar-refractivity contribution in [3.8, 4) is 0 Å². The van der Waals surface area contributed by atoms with Crippen molar-refractivity contribution in [3.05, 3.63) is 75.3 Å². The Morgan fingerprint density at radius 2 is 1.57 bits per heavy atom. The molecule has 220 valence electrons. The molecule has 0 heterocycles. The van der Waals surface area contributed by atoms with E-state index in [4.69, 9.17) is 11.6 Å². The first-order valence-electron chi connectivity index (χ1n) is 10.6. The molecule has 0 spiro atoms. The minimum atomic E-state index is -5.40. The van der Waals surface area contributed by atoms with Crippen LogP contribution >= 0.6 is 11.6 Å². The van der Waals surface area contributed by atoms with E-state index >= 15 is 0 Å². The molecule has 40 heavy (non-hydrogen) atoms. The van der Waals surface area contributed by atoms with Gasteiger partial charge in [0.05, 0.1) is 16.1 Å². The second-order valence-corrected chi connectivity index (χ2v) is 8.53. The third-order valence-electron chi connectivity index (χ3n) is 5.08. The predicted octanol–water partition coefficient (Wildman–Crippen LogP) is 7.09. The van der Waals surface area contributed by atoms with Gasteiger partial charge in [-0.1, -0.05) is 17.7 Å². The van der Waals surface area contributed by atoms with Crippen molar-refractivity contribution in [2.45, 2.75) is 37.4 Å². The Morgan fingerprint density at radius 1 is 0.975 bits per heavy atom. The molecule has 2 aromatic rings. The van der Waals surface area contributed by atoms with Gasteiger partial charge >= 0.3 is 18.5 Å². The van der Waals surface area contributed by atoms with Gasteiger partial charge in [0, 0.05) is 5.56 Å². The standard InChI is InChI=1S/C23H15ClF12N2O2/c1-9(19(39)37-8-21(28,29)30)38-20(40)12-3-2-10(4-14(12)23(34,35)36)16(25)7-13(22(31,32)33)11-5-15(24)18(27)17(26)6-11/h2-7,9,13H,8H2,1H3,(H,37,39)(H,38,40)/b16-7-/t9-,13?/m1/s1. The zero-order valence-electron chi connectivity index (χ0n) is 19.6. The monoisotopic (exact) mass is 614 g/mol. The summed E-state index contributed by atoms with van der Waals surface area (Å²) in [6.07, 6.45) is -15.8. The van der Waals surface area contributed by atoms with E-state index < -0.39 is 93.6 Å². The fraction of sp³-hybridized carbons (Fsp3) is 0.304. The van der Waals surface area contributed by atoms with Gasteiger partial charge in [-0.2, -0.15) is 39.5 Å². The number of carbonyl (C=O) groups is 2. The van der Waals surface area contributed by atoms with E-state index in [9.17, 15) is 62.3 Å². The third-order valence-corrected chi connectivity index (χ3v) is 5.36. The van der Waals surface area contributed by atoms with E-state index in [2.05, 4.69) is 0 Å². The van der Waals surface area contributed by atoms with Crippen LogP contribution in [0.3, 0.4) is 0 Å². The van der Waals surface area contributed by atoms with Gasteiger partial charge in [-0.05, 0) is 42.8 Å². The van der Waals surface area contributed by atoms with Gasteiger partial charge in [-0.15, -0.1) is 0 Å². The average Bonchev–Trinajstić information content (AvgIpc) is 2.81. The van der Waals surface area contributed by atoms with E-state index in [0.29, 0.717) is 18.2 Å². The molecule has 1 unspecified atom stereocenters. The SMILES string of the molecule is C[C@@H](NC(=O)c1ccc(/C(F)=C/C(c2cc(F)c(F)c(Cl)c2)C(F)(F)F)cc1C(F)(F)F)C(=O)NCC(F)(F)F. The number of amides is 2. The number of hydrogen-bond donors (Lipinski definition) is 2. The Kier molecular flexibility index (Phi) is 9.82. The van der Waals surface area contributed by atoms with Crippen LogP contribution < -0.4 is 10.6 Å². The number of halogens is 13. The molecule has 2 aromatic carbocycles. The maximum Gasteiger partial charge on any atom is 0.417 e. The highest BCUT2D eigenvalue weighted by Gasteiger charge is 2.41. The van der Waals surface area contributed by atoms with E-state index in [1.54, 1.807) is 5.32 Å². The highest BCUT2D eigenvalue weighted by atomic mass is 35.5. The molecular weight excluding hydrogens is 600 g/mol. The first-order chi connectivity index (χ1) is 18.1. The largest absolute Gasteiger partial charge is 0.417 e. The lowest BCUT2D eigenvalue weighted by atomic mass is 9.95. The minimum Gasteiger partial charge on any atom is -0.345 e. The lowest BCUT2D eigenvalue weighted by molar-refractivity contribution is -0.140. The molecule has 0 saturated carbocycles. The van der Waals surface area contributed by atoms with Crippen molar-refractivity contribution in [3.63, 3.8) is 0 Å². The number of nitrogens with one attached hydrogen (secondary N) is 2. The highest BCUT2D eigenvalue weighted by Crippen LogP contribution is 2.41. The molecule has 17 heteroatoms. The number of benzene rings is 2. The summed E-state index contributed by atoms with van der Waals surface area (Å²) in [6, 6.07) is -0.524. The predicted molar refractivity (Wildman–Crippen MR) is 117 cm³/mol. The van der Waals surface area contributed by atoms with Crippen LogP contribution in [0.4, 0.5) is 52.7 Å². The molecule has 0 aliphatic rings. The van der Waals surface area contributed by atoms with Crippen molar-refractivity contribution in [2.75, 3.05) is 6.54 Å². The van der Waals surface area contributed by atoms with E-state index in [1.807, 2.05) is 0 Å². The summed E-state index contributed by atoms with van der Waals surface area (Å²) in [5, 5.41) is 2.05. The second kappa shape index (κ2) is 12.0. The van der Waals surface area contributed by atoms with Crippen LogP contribution in [0.15, 0.2) is 36.4 Å². The maximum absolute atomic E-state index is 14.8. The zero-order valence-corrected chi connectivity index (χ0v) is 20.3. The molecule has 2 amide bonds. The van der Waals surface area contributed by atoms with Gasteiger partial charge in [0.1, 0.15) is 24.3 Å². The summed E-state index contributed by atoms with van der Waals surface area (Å²) >= 11 is 5.34. The summed E-state index contributed by atoms with van der Waals surface area (Å²) in [5.74, 6) is -11.4. The molecule has 0 radical (unpaired) electrons. The zero-order chi connectivity index (χ0) is 30.8. The van der Waals surface area contributed by atoms with Gasteiger partial charge in [0.2, 0.25) is 5.91 Å². The molecule has 2 N–H and O–H groups in total. The molecule has 4 nitrogen and oxygen atoms in total. The summed E-state index contributed by atoms with van der Waals surface area (Å²) in [6.45, 7) is -0.939. The average molecular weight is 615 g/mol. The minimum absolute atomic E-state index is 0.0270. The molecule has 0 aromatic heterocycles. The van der Waals surface area contributed by atoms with Crippen LogP contribution in [0.25, 0.3) is 5.83 Å². The molecular formula is C23H15ClF12N2O2. The van der Waals surface area contributed by atoms with Gasteiger partial charge < -0.3 is 10.6 Å². The van der Waals surface area contributed by atoms with E-state index in [-0.39, 0.29) is 18.2 Å². The van der Waals surface area contributed by atoms with Crippen LogP contribution in [-0.4, -0.2) is 36.8 Å². The first-order valence-corrected chi connectivity index (χ1v) is 10.9. The Balaban J connectivity index is 2.45. The Labute approximate surface area is 222 Å². The number of hydrogen-bond acceptors (Lipinski definition) is 2. The van der Waals surface area contributed by atoms with Crippen molar-refractivity contribution in [1.29, 1.82) is 0 Å². The van der Waals surface area contributed by atoms with Crippen molar-refractivity contribution in [1.82, 2.24) is 10.6 Å². The molecule has 0 aliphatic heterocycles. The van der Waals surface area contributed by atoms with Crippen LogP contribution in [0.2, 0.25) is 5.02 Å². The van der Waals surface area contributed by atoms with Crippen molar-refractivity contribution in [2.24, 2.45) is 0 Å². The number of rotatable bonds is 7. The maximum atomic E-state index is 14.8. The molecule has 0 bridgehead atoms. The highest BCUT2D eigenvalue weighted by molar-refractivity contribution is 6.30. The summed E-state index contributed by atoms with van der Waals surface area (Å²) in [4.78, 5) is 24.0. The quantitative estimate of drug-likeness (QED) is 0.259. The number of carbonyl (C=O) groups excluding carboxylic acids is 2. The van der Waals surface area contributed by atoms with E-state index in [0.717, 1.165) is 6.92 Å². The molecule has 0 aliphatic carbocycles. The van der Waals surface area contributed by atoms with Crippen LogP contribution in [0.1, 0.15) is 39.9 Å². The van der Waals surface area contributed by atoms with Gasteiger partial charge in [-0.3, -0.25) is 9.59 Å². The number of alkyl halides is 9. The third kappa shape index (κ3) is 8.53. The van der Waals surface area contributed by atoms with Crippen molar-refractivity contribution >= 4 is 29.2 Å². The normalized spacial score (nSPS) is 14.5.